The third kappa shape index (κ3) is 3.46. The van der Waals surface area contributed by atoms with Crippen molar-refractivity contribution < 1.29 is 0 Å². The summed E-state index contributed by atoms with van der Waals surface area (Å²) in [5.41, 5.74) is 2.51. The van der Waals surface area contributed by atoms with E-state index in [1.165, 1.54) is 11.1 Å². The second kappa shape index (κ2) is 6.50. The smallest absolute Gasteiger partial charge is 0.138 e. The molecule has 20 heavy (non-hydrogen) atoms. The molecule has 0 aliphatic rings. The summed E-state index contributed by atoms with van der Waals surface area (Å²) in [4.78, 5) is 4.40. The molecule has 1 aromatic carbocycles. The van der Waals surface area contributed by atoms with Gasteiger partial charge in [0.2, 0.25) is 0 Å². The molecule has 0 fully saturated rings. The number of hydrogen-bond acceptors (Lipinski definition) is 3. The summed E-state index contributed by atoms with van der Waals surface area (Å²) in [7, 11) is 1.98. The van der Waals surface area contributed by atoms with Gasteiger partial charge in [-0.25, -0.2) is 9.67 Å². The van der Waals surface area contributed by atoms with Gasteiger partial charge in [0.25, 0.3) is 0 Å². The second-order valence-electron chi connectivity index (χ2n) is 5.32. The van der Waals surface area contributed by atoms with E-state index in [1.807, 2.05) is 11.7 Å². The lowest BCUT2D eigenvalue weighted by Crippen LogP contribution is -2.21. The van der Waals surface area contributed by atoms with Gasteiger partial charge in [0.1, 0.15) is 12.2 Å². The Labute approximate surface area is 128 Å². The van der Waals surface area contributed by atoms with Crippen LogP contribution < -0.4 is 5.32 Å². The van der Waals surface area contributed by atoms with Gasteiger partial charge in [-0.2, -0.15) is 5.10 Å². The first-order chi connectivity index (χ1) is 9.51. The summed E-state index contributed by atoms with van der Waals surface area (Å²) in [5.74, 6) is 1.01. The van der Waals surface area contributed by atoms with Crippen LogP contribution in [-0.4, -0.2) is 21.8 Å². The van der Waals surface area contributed by atoms with E-state index in [4.69, 9.17) is 0 Å². The molecule has 108 valence electrons. The highest BCUT2D eigenvalue weighted by Gasteiger charge is 2.16. The van der Waals surface area contributed by atoms with Gasteiger partial charge in [-0.1, -0.05) is 22.0 Å². The van der Waals surface area contributed by atoms with Crippen LogP contribution in [0.4, 0.5) is 0 Å². The summed E-state index contributed by atoms with van der Waals surface area (Å²) in [6.45, 7) is 6.35. The maximum absolute atomic E-state index is 4.40. The molecule has 1 atom stereocenters. The summed E-state index contributed by atoms with van der Waals surface area (Å²) < 4.78 is 3.09. The molecule has 0 amide bonds. The zero-order chi connectivity index (χ0) is 14.7. The quantitative estimate of drug-likeness (QED) is 0.909. The molecule has 1 aromatic heterocycles. The summed E-state index contributed by atoms with van der Waals surface area (Å²) in [5, 5.41) is 7.68. The molecule has 4 nitrogen and oxygen atoms in total. The van der Waals surface area contributed by atoms with Gasteiger partial charge in [-0.15, -0.1) is 0 Å². The van der Waals surface area contributed by atoms with Crippen LogP contribution in [0.25, 0.3) is 0 Å². The maximum Gasteiger partial charge on any atom is 0.138 e. The van der Waals surface area contributed by atoms with Gasteiger partial charge in [-0.3, -0.25) is 0 Å². The predicted octanol–water partition coefficient (Wildman–Crippen LogP) is 3.43. The first-order valence-electron chi connectivity index (χ1n) is 6.84. The van der Waals surface area contributed by atoms with E-state index in [0.29, 0.717) is 6.04 Å². The topological polar surface area (TPSA) is 42.7 Å². The minimum Gasteiger partial charge on any atom is -0.313 e. The minimum absolute atomic E-state index is 0.230. The molecule has 2 aromatic rings. The van der Waals surface area contributed by atoms with Crippen molar-refractivity contribution >= 4 is 15.9 Å². The number of rotatable bonds is 5. The molecule has 0 spiro atoms. The number of aryl methyl sites for hydroxylation is 1. The Morgan fingerprint density at radius 1 is 1.30 bits per heavy atom. The number of hydrogen-bond donors (Lipinski definition) is 1. The van der Waals surface area contributed by atoms with E-state index in [9.17, 15) is 0 Å². The Morgan fingerprint density at radius 2 is 2.05 bits per heavy atom. The molecular weight excluding hydrogens is 316 g/mol. The lowest BCUT2D eigenvalue weighted by molar-refractivity contribution is 0.477. The van der Waals surface area contributed by atoms with Gasteiger partial charge in [0.05, 0.1) is 0 Å². The molecule has 0 bridgehead atoms. The van der Waals surface area contributed by atoms with Gasteiger partial charge in [0, 0.05) is 23.0 Å². The first-order valence-corrected chi connectivity index (χ1v) is 7.63. The Bertz CT molecular complexity index is 557. The minimum atomic E-state index is 0.230. The van der Waals surface area contributed by atoms with E-state index in [0.717, 1.165) is 16.7 Å². The zero-order valence-electron chi connectivity index (χ0n) is 12.4. The van der Waals surface area contributed by atoms with Crippen molar-refractivity contribution in [3.8, 4) is 0 Å². The Kier molecular flexibility index (Phi) is 4.94. The fraction of sp³-hybridized carbons (Fsp3) is 0.467. The molecule has 0 aliphatic heterocycles. The summed E-state index contributed by atoms with van der Waals surface area (Å²) >= 11 is 3.57. The lowest BCUT2D eigenvalue weighted by Gasteiger charge is -2.18. The second-order valence-corrected chi connectivity index (χ2v) is 6.24. The Balaban J connectivity index is 2.26. The Hall–Kier alpha value is -1.20. The van der Waals surface area contributed by atoms with Crippen molar-refractivity contribution in [3.63, 3.8) is 0 Å². The molecule has 0 saturated heterocycles. The van der Waals surface area contributed by atoms with Crippen molar-refractivity contribution in [3.05, 3.63) is 46.0 Å². The highest BCUT2D eigenvalue weighted by molar-refractivity contribution is 9.10. The number of halogens is 1. The van der Waals surface area contributed by atoms with E-state index >= 15 is 0 Å². The van der Waals surface area contributed by atoms with Crippen LogP contribution >= 0.6 is 15.9 Å². The number of nitrogens with one attached hydrogen (secondary N) is 1. The SMILES string of the molecule is CNC(Cc1ncnn1C(C)C)c1cc(C)cc(Br)c1. The van der Waals surface area contributed by atoms with Gasteiger partial charge in [0.15, 0.2) is 0 Å². The zero-order valence-corrected chi connectivity index (χ0v) is 14.0. The number of nitrogens with zero attached hydrogens (tertiary/aromatic N) is 3. The van der Waals surface area contributed by atoms with Crippen molar-refractivity contribution in [2.24, 2.45) is 0 Å². The number of likely N-dealkylation sites (N-methyl/N-ethyl adjacent to an activating group) is 1. The summed E-state index contributed by atoms with van der Waals surface area (Å²) in [6.07, 6.45) is 2.46. The molecule has 1 N–H and O–H groups in total. The molecule has 0 aliphatic carbocycles. The van der Waals surface area contributed by atoms with Crippen LogP contribution in [0, 0.1) is 6.92 Å². The van der Waals surface area contributed by atoms with E-state index < -0.39 is 0 Å². The number of benzene rings is 1. The van der Waals surface area contributed by atoms with Gasteiger partial charge >= 0.3 is 0 Å². The van der Waals surface area contributed by atoms with Crippen molar-refractivity contribution in [2.75, 3.05) is 7.05 Å². The third-order valence-electron chi connectivity index (χ3n) is 3.34. The molecule has 1 heterocycles. The molecule has 5 heteroatoms. The van der Waals surface area contributed by atoms with Crippen LogP contribution in [-0.2, 0) is 6.42 Å². The highest BCUT2D eigenvalue weighted by atomic mass is 79.9. The fourth-order valence-electron chi connectivity index (χ4n) is 2.39. The largest absolute Gasteiger partial charge is 0.313 e. The van der Waals surface area contributed by atoms with Crippen LogP contribution in [0.15, 0.2) is 29.0 Å². The first kappa shape index (κ1) is 15.2. The van der Waals surface area contributed by atoms with E-state index in [2.05, 4.69) is 70.3 Å². The molecule has 2 rings (SSSR count). The standard InChI is InChI=1S/C15H21BrN4/c1-10(2)20-15(18-9-19-20)8-14(17-4)12-5-11(3)6-13(16)7-12/h5-7,9-10,14,17H,8H2,1-4H3. The average Bonchev–Trinajstić information content (AvgIpc) is 2.82. The molecule has 0 radical (unpaired) electrons. The Morgan fingerprint density at radius 3 is 2.65 bits per heavy atom. The monoisotopic (exact) mass is 336 g/mol. The number of aromatic nitrogens is 3. The molecule has 0 saturated carbocycles. The lowest BCUT2D eigenvalue weighted by atomic mass is 10.0. The normalized spacial score (nSPS) is 12.9. The molecular formula is C15H21BrN4. The predicted molar refractivity (Wildman–Crippen MR) is 84.8 cm³/mol. The molecule has 1 unspecified atom stereocenters. The third-order valence-corrected chi connectivity index (χ3v) is 3.80. The maximum atomic E-state index is 4.40. The fourth-order valence-corrected chi connectivity index (χ4v) is 3.01. The van der Waals surface area contributed by atoms with Crippen LogP contribution in [0.1, 0.15) is 42.9 Å². The van der Waals surface area contributed by atoms with Crippen molar-refractivity contribution in [1.82, 2.24) is 20.1 Å². The van der Waals surface area contributed by atoms with Crippen LogP contribution in [0.2, 0.25) is 0 Å². The van der Waals surface area contributed by atoms with Gasteiger partial charge in [-0.05, 0) is 51.1 Å². The van der Waals surface area contributed by atoms with Crippen molar-refractivity contribution in [1.29, 1.82) is 0 Å². The van der Waals surface area contributed by atoms with Crippen LogP contribution in [0.3, 0.4) is 0 Å². The van der Waals surface area contributed by atoms with E-state index in [-0.39, 0.29) is 6.04 Å². The van der Waals surface area contributed by atoms with Crippen molar-refractivity contribution in [2.45, 2.75) is 39.3 Å². The average molecular weight is 337 g/mol. The van der Waals surface area contributed by atoms with Crippen LogP contribution in [0.5, 0.6) is 0 Å². The van der Waals surface area contributed by atoms with Gasteiger partial charge < -0.3 is 5.32 Å². The van der Waals surface area contributed by atoms with E-state index in [1.54, 1.807) is 6.33 Å². The summed E-state index contributed by atoms with van der Waals surface area (Å²) in [6, 6.07) is 7.04. The highest BCUT2D eigenvalue weighted by Crippen LogP contribution is 2.23.